The Labute approximate surface area is 142 Å². The van der Waals surface area contributed by atoms with Gasteiger partial charge < -0.3 is 5.32 Å². The molecule has 0 aliphatic heterocycles. The first-order chi connectivity index (χ1) is 11.1. The van der Waals surface area contributed by atoms with E-state index in [4.69, 9.17) is 11.6 Å². The molecule has 2 heterocycles. The molecule has 118 valence electrons. The quantitative estimate of drug-likeness (QED) is 0.769. The Balaban J connectivity index is 1.59. The zero-order valence-corrected chi connectivity index (χ0v) is 13.9. The van der Waals surface area contributed by atoms with Gasteiger partial charge in [0.1, 0.15) is 5.01 Å². The number of nitrogens with zero attached hydrogens (tertiary/aromatic N) is 4. The van der Waals surface area contributed by atoms with Crippen molar-refractivity contribution in [1.82, 2.24) is 20.0 Å². The van der Waals surface area contributed by atoms with Crippen molar-refractivity contribution in [3.63, 3.8) is 0 Å². The number of hydrogen-bond acceptors (Lipinski definition) is 5. The molecule has 0 aliphatic carbocycles. The maximum absolute atomic E-state index is 12.0. The second-order valence-electron chi connectivity index (χ2n) is 4.99. The lowest BCUT2D eigenvalue weighted by Gasteiger charge is -1.99. The Morgan fingerprint density at radius 1 is 1.39 bits per heavy atom. The number of aryl methyl sites for hydroxylation is 2. The number of amides is 1. The number of carbonyl (C=O) groups excluding carboxylic acids is 1. The van der Waals surface area contributed by atoms with Gasteiger partial charge in [0, 0.05) is 30.3 Å². The number of anilines is 1. The summed E-state index contributed by atoms with van der Waals surface area (Å²) in [5.74, 6) is -0.0948. The Morgan fingerprint density at radius 3 is 3.00 bits per heavy atom. The first-order valence-electron chi connectivity index (χ1n) is 6.97. The van der Waals surface area contributed by atoms with E-state index in [-0.39, 0.29) is 5.91 Å². The van der Waals surface area contributed by atoms with Crippen LogP contribution in [0.3, 0.4) is 0 Å². The molecule has 0 saturated heterocycles. The first kappa shape index (κ1) is 15.6. The molecule has 23 heavy (non-hydrogen) atoms. The summed E-state index contributed by atoms with van der Waals surface area (Å²) < 4.78 is 1.72. The van der Waals surface area contributed by atoms with Gasteiger partial charge in [-0.05, 0) is 24.1 Å². The van der Waals surface area contributed by atoms with Crippen LogP contribution in [0, 0.1) is 0 Å². The third-order valence-electron chi connectivity index (χ3n) is 3.14. The molecule has 0 saturated carbocycles. The third-order valence-corrected chi connectivity index (χ3v) is 4.26. The van der Waals surface area contributed by atoms with Crippen LogP contribution in [-0.2, 0) is 18.3 Å². The molecule has 2 aromatic heterocycles. The molecule has 3 rings (SSSR count). The standard InChI is InChI=1S/C15H14ClN5OS/c1-21-9-10(8-17-21)5-6-13(22)18-15-20-19-14(23-15)11-3-2-4-12(16)7-11/h2-4,7-9H,5-6H2,1H3,(H,18,20,22). The van der Waals surface area contributed by atoms with Crippen LogP contribution in [0.1, 0.15) is 12.0 Å². The summed E-state index contributed by atoms with van der Waals surface area (Å²) in [6.07, 6.45) is 4.67. The summed E-state index contributed by atoms with van der Waals surface area (Å²) in [5, 5.41) is 16.8. The number of carbonyl (C=O) groups is 1. The van der Waals surface area contributed by atoms with Gasteiger partial charge in [0.25, 0.3) is 0 Å². The van der Waals surface area contributed by atoms with Crippen molar-refractivity contribution in [2.45, 2.75) is 12.8 Å². The normalized spacial score (nSPS) is 10.7. The number of aromatic nitrogens is 4. The van der Waals surface area contributed by atoms with E-state index in [1.165, 1.54) is 11.3 Å². The number of hydrogen-bond donors (Lipinski definition) is 1. The summed E-state index contributed by atoms with van der Waals surface area (Å²) in [6.45, 7) is 0. The van der Waals surface area contributed by atoms with E-state index in [9.17, 15) is 4.79 Å². The monoisotopic (exact) mass is 347 g/mol. The zero-order valence-electron chi connectivity index (χ0n) is 12.4. The lowest BCUT2D eigenvalue weighted by molar-refractivity contribution is -0.116. The van der Waals surface area contributed by atoms with Crippen molar-refractivity contribution in [2.24, 2.45) is 7.05 Å². The fourth-order valence-corrected chi connectivity index (χ4v) is 3.00. The Morgan fingerprint density at radius 2 is 2.26 bits per heavy atom. The molecule has 1 amide bonds. The van der Waals surface area contributed by atoms with Crippen molar-refractivity contribution in [3.8, 4) is 10.6 Å². The van der Waals surface area contributed by atoms with Crippen LogP contribution < -0.4 is 5.32 Å². The fourth-order valence-electron chi connectivity index (χ4n) is 2.05. The lowest BCUT2D eigenvalue weighted by atomic mass is 10.2. The minimum absolute atomic E-state index is 0.0948. The molecule has 0 fully saturated rings. The van der Waals surface area contributed by atoms with E-state index in [0.717, 1.165) is 16.1 Å². The topological polar surface area (TPSA) is 72.7 Å². The Hall–Kier alpha value is -2.25. The number of halogens is 1. The molecule has 6 nitrogen and oxygen atoms in total. The average Bonchev–Trinajstić information content (AvgIpc) is 3.14. The van der Waals surface area contributed by atoms with Crippen molar-refractivity contribution in [2.75, 3.05) is 5.32 Å². The molecule has 0 bridgehead atoms. The lowest BCUT2D eigenvalue weighted by Crippen LogP contribution is -2.12. The third kappa shape index (κ3) is 4.14. The molecular weight excluding hydrogens is 334 g/mol. The molecule has 0 spiro atoms. The predicted molar refractivity (Wildman–Crippen MR) is 90.5 cm³/mol. The second-order valence-corrected chi connectivity index (χ2v) is 6.41. The zero-order chi connectivity index (χ0) is 16.2. The molecule has 1 aromatic carbocycles. The maximum atomic E-state index is 12.0. The highest BCUT2D eigenvalue weighted by molar-refractivity contribution is 7.18. The van der Waals surface area contributed by atoms with E-state index in [1.807, 2.05) is 31.4 Å². The van der Waals surface area contributed by atoms with Crippen LogP contribution >= 0.6 is 22.9 Å². The molecule has 0 radical (unpaired) electrons. The van der Waals surface area contributed by atoms with E-state index < -0.39 is 0 Å². The summed E-state index contributed by atoms with van der Waals surface area (Å²) in [5.41, 5.74) is 1.91. The van der Waals surface area contributed by atoms with Crippen LogP contribution in [0.5, 0.6) is 0 Å². The van der Waals surface area contributed by atoms with Crippen LogP contribution in [-0.4, -0.2) is 25.9 Å². The van der Waals surface area contributed by atoms with Crippen LogP contribution in [0.25, 0.3) is 10.6 Å². The highest BCUT2D eigenvalue weighted by Gasteiger charge is 2.10. The van der Waals surface area contributed by atoms with E-state index in [1.54, 1.807) is 16.9 Å². The summed E-state index contributed by atoms with van der Waals surface area (Å²) in [6, 6.07) is 7.37. The summed E-state index contributed by atoms with van der Waals surface area (Å²) in [7, 11) is 1.85. The van der Waals surface area contributed by atoms with Crippen molar-refractivity contribution >= 4 is 34.0 Å². The van der Waals surface area contributed by atoms with E-state index in [0.29, 0.717) is 23.0 Å². The van der Waals surface area contributed by atoms with E-state index in [2.05, 4.69) is 20.6 Å². The number of rotatable bonds is 5. The molecule has 0 unspecified atom stereocenters. The summed E-state index contributed by atoms with van der Waals surface area (Å²) >= 11 is 7.29. The SMILES string of the molecule is Cn1cc(CCC(=O)Nc2nnc(-c3cccc(Cl)c3)s2)cn1. The van der Waals surface area contributed by atoms with Crippen molar-refractivity contribution < 1.29 is 4.79 Å². The smallest absolute Gasteiger partial charge is 0.226 e. The van der Waals surface area contributed by atoms with Gasteiger partial charge in [0.15, 0.2) is 0 Å². The van der Waals surface area contributed by atoms with Crippen LogP contribution in [0.2, 0.25) is 5.02 Å². The van der Waals surface area contributed by atoms with Crippen molar-refractivity contribution in [1.29, 1.82) is 0 Å². The van der Waals surface area contributed by atoms with Gasteiger partial charge in [0.05, 0.1) is 6.20 Å². The fraction of sp³-hybridized carbons (Fsp3) is 0.200. The minimum Gasteiger partial charge on any atom is -0.301 e. The molecule has 0 atom stereocenters. The number of benzene rings is 1. The molecule has 1 N–H and O–H groups in total. The Kier molecular flexibility index (Phi) is 4.68. The summed E-state index contributed by atoms with van der Waals surface area (Å²) in [4.78, 5) is 12.0. The number of nitrogens with one attached hydrogen (secondary N) is 1. The predicted octanol–water partition coefficient (Wildman–Crippen LogP) is 3.16. The Bertz CT molecular complexity index is 829. The highest BCUT2D eigenvalue weighted by Crippen LogP contribution is 2.28. The molecular formula is C15H14ClN5OS. The van der Waals surface area contributed by atoms with Gasteiger partial charge in [-0.3, -0.25) is 9.48 Å². The van der Waals surface area contributed by atoms with Gasteiger partial charge in [-0.1, -0.05) is 35.1 Å². The second kappa shape index (κ2) is 6.89. The molecule has 3 aromatic rings. The van der Waals surface area contributed by atoms with Gasteiger partial charge in [0.2, 0.25) is 11.0 Å². The van der Waals surface area contributed by atoms with Crippen LogP contribution in [0.4, 0.5) is 5.13 Å². The largest absolute Gasteiger partial charge is 0.301 e. The van der Waals surface area contributed by atoms with E-state index >= 15 is 0 Å². The highest BCUT2D eigenvalue weighted by atomic mass is 35.5. The minimum atomic E-state index is -0.0948. The van der Waals surface area contributed by atoms with Gasteiger partial charge in [-0.25, -0.2) is 0 Å². The van der Waals surface area contributed by atoms with Gasteiger partial charge in [-0.15, -0.1) is 10.2 Å². The first-order valence-corrected chi connectivity index (χ1v) is 8.16. The van der Waals surface area contributed by atoms with Crippen molar-refractivity contribution in [3.05, 3.63) is 47.2 Å². The molecule has 0 aliphatic rings. The van der Waals surface area contributed by atoms with Crippen LogP contribution in [0.15, 0.2) is 36.7 Å². The van der Waals surface area contributed by atoms with Gasteiger partial charge in [-0.2, -0.15) is 5.10 Å². The molecule has 8 heteroatoms. The average molecular weight is 348 g/mol. The van der Waals surface area contributed by atoms with Gasteiger partial charge >= 0.3 is 0 Å². The maximum Gasteiger partial charge on any atom is 0.226 e.